The summed E-state index contributed by atoms with van der Waals surface area (Å²) in [6, 6.07) is 0. The number of hydrogen-bond donors (Lipinski definition) is 3. The average Bonchev–Trinajstić information content (AvgIpc) is 2.05. The van der Waals surface area contributed by atoms with Crippen LogP contribution in [0, 0.1) is 0 Å². The molecule has 0 aromatic carbocycles. The Morgan fingerprint density at radius 1 is 1.00 bits per heavy atom. The molecule has 4 nitrogen and oxygen atoms in total. The summed E-state index contributed by atoms with van der Waals surface area (Å²) in [6.07, 6.45) is 0. The number of hydrogen-bond acceptors (Lipinski definition) is 4. The van der Waals surface area contributed by atoms with Crippen molar-refractivity contribution in [1.82, 2.24) is 4.90 Å². The lowest BCUT2D eigenvalue weighted by atomic mass is 10.2. The minimum Gasteiger partial charge on any atom is -0.395 e. The molecule has 0 aliphatic heterocycles. The molecule has 78 valence electrons. The molecular formula is C9H19NO3. The molecule has 0 aliphatic rings. The summed E-state index contributed by atoms with van der Waals surface area (Å²) >= 11 is 0. The zero-order chi connectivity index (χ0) is 10.3. The molecule has 0 aromatic rings. The summed E-state index contributed by atoms with van der Waals surface area (Å²) in [7, 11) is 0. The predicted molar refractivity (Wildman–Crippen MR) is 51.2 cm³/mol. The van der Waals surface area contributed by atoms with Crippen LogP contribution in [0.4, 0.5) is 0 Å². The van der Waals surface area contributed by atoms with Gasteiger partial charge in [-0.1, -0.05) is 5.57 Å². The van der Waals surface area contributed by atoms with Crippen LogP contribution < -0.4 is 0 Å². The molecule has 4 heteroatoms. The Morgan fingerprint density at radius 2 is 1.46 bits per heavy atom. The molecule has 0 saturated carbocycles. The molecule has 0 fully saturated rings. The molecule has 0 unspecified atom stereocenters. The van der Waals surface area contributed by atoms with Gasteiger partial charge in [0, 0.05) is 18.8 Å². The van der Waals surface area contributed by atoms with E-state index in [9.17, 15) is 0 Å². The SMILES string of the molecule is CC(C)=C(CO)N(CCO)CCO. The van der Waals surface area contributed by atoms with Crippen LogP contribution >= 0.6 is 0 Å². The highest BCUT2D eigenvalue weighted by Gasteiger charge is 2.08. The first-order valence-corrected chi connectivity index (χ1v) is 4.41. The standard InChI is InChI=1S/C9H19NO3/c1-8(2)9(7-13)10(3-5-11)4-6-12/h11-13H,3-7H2,1-2H3. The Bertz CT molecular complexity index is 158. The summed E-state index contributed by atoms with van der Waals surface area (Å²) in [5.74, 6) is 0. The van der Waals surface area contributed by atoms with Gasteiger partial charge in [-0.25, -0.2) is 0 Å². The third-order valence-corrected chi connectivity index (χ3v) is 1.85. The number of rotatable bonds is 6. The summed E-state index contributed by atoms with van der Waals surface area (Å²) in [4.78, 5) is 1.79. The Balaban J connectivity index is 4.39. The molecule has 0 heterocycles. The van der Waals surface area contributed by atoms with Crippen LogP contribution in [0.3, 0.4) is 0 Å². The van der Waals surface area contributed by atoms with Gasteiger partial charge in [0.25, 0.3) is 0 Å². The number of aliphatic hydroxyl groups is 3. The zero-order valence-corrected chi connectivity index (χ0v) is 8.32. The van der Waals surface area contributed by atoms with E-state index in [4.69, 9.17) is 15.3 Å². The highest BCUT2D eigenvalue weighted by atomic mass is 16.3. The number of nitrogens with zero attached hydrogens (tertiary/aromatic N) is 1. The molecular weight excluding hydrogens is 170 g/mol. The van der Waals surface area contributed by atoms with Gasteiger partial charge in [0.05, 0.1) is 19.8 Å². The molecule has 0 aliphatic carbocycles. The van der Waals surface area contributed by atoms with Crippen molar-refractivity contribution in [2.45, 2.75) is 13.8 Å². The van der Waals surface area contributed by atoms with E-state index in [0.717, 1.165) is 11.3 Å². The van der Waals surface area contributed by atoms with Crippen LogP contribution in [0.2, 0.25) is 0 Å². The summed E-state index contributed by atoms with van der Waals surface area (Å²) < 4.78 is 0. The summed E-state index contributed by atoms with van der Waals surface area (Å²) in [5, 5.41) is 26.6. The van der Waals surface area contributed by atoms with Crippen molar-refractivity contribution in [3.63, 3.8) is 0 Å². The van der Waals surface area contributed by atoms with Gasteiger partial charge in [-0.2, -0.15) is 0 Å². The molecule has 0 saturated heterocycles. The quantitative estimate of drug-likeness (QED) is 0.530. The van der Waals surface area contributed by atoms with Crippen LogP contribution in [0.1, 0.15) is 13.8 Å². The fourth-order valence-electron chi connectivity index (χ4n) is 1.20. The van der Waals surface area contributed by atoms with Gasteiger partial charge in [0.1, 0.15) is 0 Å². The van der Waals surface area contributed by atoms with E-state index in [1.165, 1.54) is 0 Å². The predicted octanol–water partition coefficient (Wildman–Crippen LogP) is -0.441. The van der Waals surface area contributed by atoms with Crippen molar-refractivity contribution in [2.24, 2.45) is 0 Å². The Kier molecular flexibility index (Phi) is 6.58. The Hall–Kier alpha value is -0.580. The summed E-state index contributed by atoms with van der Waals surface area (Å²) in [5.41, 5.74) is 1.78. The van der Waals surface area contributed by atoms with Crippen LogP contribution in [-0.4, -0.2) is 53.1 Å². The molecule has 0 radical (unpaired) electrons. The highest BCUT2D eigenvalue weighted by molar-refractivity contribution is 5.09. The maximum Gasteiger partial charge on any atom is 0.0828 e. The normalized spacial score (nSPS) is 9.92. The molecule has 3 N–H and O–H groups in total. The lowest BCUT2D eigenvalue weighted by molar-refractivity contribution is 0.169. The van der Waals surface area contributed by atoms with Gasteiger partial charge >= 0.3 is 0 Å². The second-order valence-electron chi connectivity index (χ2n) is 3.04. The van der Waals surface area contributed by atoms with Crippen molar-refractivity contribution < 1.29 is 15.3 Å². The van der Waals surface area contributed by atoms with Crippen molar-refractivity contribution in [3.05, 3.63) is 11.3 Å². The zero-order valence-electron chi connectivity index (χ0n) is 8.32. The molecule has 0 bridgehead atoms. The fraction of sp³-hybridized carbons (Fsp3) is 0.778. The lowest BCUT2D eigenvalue weighted by Crippen LogP contribution is -2.31. The lowest BCUT2D eigenvalue weighted by Gasteiger charge is -2.26. The van der Waals surface area contributed by atoms with E-state index in [2.05, 4.69) is 0 Å². The van der Waals surface area contributed by atoms with E-state index < -0.39 is 0 Å². The third kappa shape index (κ3) is 4.26. The van der Waals surface area contributed by atoms with E-state index >= 15 is 0 Å². The van der Waals surface area contributed by atoms with Crippen LogP contribution in [0.25, 0.3) is 0 Å². The monoisotopic (exact) mass is 189 g/mol. The van der Waals surface area contributed by atoms with E-state index in [0.29, 0.717) is 13.1 Å². The fourth-order valence-corrected chi connectivity index (χ4v) is 1.20. The van der Waals surface area contributed by atoms with Crippen molar-refractivity contribution in [1.29, 1.82) is 0 Å². The van der Waals surface area contributed by atoms with Crippen LogP contribution in [-0.2, 0) is 0 Å². The Morgan fingerprint density at radius 3 is 1.69 bits per heavy atom. The smallest absolute Gasteiger partial charge is 0.0828 e. The van der Waals surface area contributed by atoms with Crippen molar-refractivity contribution in [2.75, 3.05) is 32.9 Å². The van der Waals surface area contributed by atoms with Gasteiger partial charge in [0.2, 0.25) is 0 Å². The van der Waals surface area contributed by atoms with Gasteiger partial charge < -0.3 is 20.2 Å². The van der Waals surface area contributed by atoms with Gasteiger partial charge in [-0.15, -0.1) is 0 Å². The molecule has 13 heavy (non-hydrogen) atoms. The van der Waals surface area contributed by atoms with Gasteiger partial charge in [-0.3, -0.25) is 0 Å². The highest BCUT2D eigenvalue weighted by Crippen LogP contribution is 2.08. The number of aliphatic hydroxyl groups excluding tert-OH is 3. The van der Waals surface area contributed by atoms with E-state index in [1.807, 2.05) is 13.8 Å². The topological polar surface area (TPSA) is 63.9 Å². The van der Waals surface area contributed by atoms with Crippen LogP contribution in [0.15, 0.2) is 11.3 Å². The maximum atomic E-state index is 9.06. The summed E-state index contributed by atoms with van der Waals surface area (Å²) in [6.45, 7) is 4.68. The van der Waals surface area contributed by atoms with Crippen molar-refractivity contribution in [3.8, 4) is 0 Å². The third-order valence-electron chi connectivity index (χ3n) is 1.85. The largest absolute Gasteiger partial charge is 0.395 e. The molecule has 0 rings (SSSR count). The average molecular weight is 189 g/mol. The molecule has 0 amide bonds. The minimum atomic E-state index is -0.0532. The molecule has 0 aromatic heterocycles. The minimum absolute atomic E-state index is 0.0246. The maximum absolute atomic E-state index is 9.06. The van der Waals surface area contributed by atoms with Gasteiger partial charge in [-0.05, 0) is 13.8 Å². The van der Waals surface area contributed by atoms with Crippen molar-refractivity contribution >= 4 is 0 Å². The first-order chi connectivity index (χ1) is 6.17. The van der Waals surface area contributed by atoms with E-state index in [-0.39, 0.29) is 19.8 Å². The number of allylic oxidation sites excluding steroid dienone is 1. The second kappa shape index (κ2) is 6.88. The van der Waals surface area contributed by atoms with Crippen LogP contribution in [0.5, 0.6) is 0 Å². The first-order valence-electron chi connectivity index (χ1n) is 4.41. The Labute approximate surface area is 79.1 Å². The second-order valence-corrected chi connectivity index (χ2v) is 3.04. The first kappa shape index (κ1) is 12.4. The molecule has 0 spiro atoms. The molecule has 0 atom stereocenters. The van der Waals surface area contributed by atoms with E-state index in [1.54, 1.807) is 4.90 Å². The van der Waals surface area contributed by atoms with Gasteiger partial charge in [0.15, 0.2) is 0 Å².